The molecular formula is C51H61N3O4. The van der Waals surface area contributed by atoms with E-state index < -0.39 is 0 Å². The van der Waals surface area contributed by atoms with Gasteiger partial charge >= 0.3 is 0 Å². The van der Waals surface area contributed by atoms with Crippen LogP contribution >= 0.6 is 0 Å². The predicted molar refractivity (Wildman–Crippen MR) is 236 cm³/mol. The van der Waals surface area contributed by atoms with E-state index in [-0.39, 0.29) is 23.4 Å². The number of Topliss-reactive ketones (excluding diaryl/α,β-unsaturated/α-hetero) is 2. The first-order valence-corrected chi connectivity index (χ1v) is 22.2. The number of fused-ring (bicyclic) bond motifs is 2. The number of carbonyl (C=O) groups is 4. The first kappa shape index (κ1) is 41.3. The number of hydrogen-bond acceptors (Lipinski definition) is 5. The zero-order chi connectivity index (χ0) is 40.4. The van der Waals surface area contributed by atoms with Gasteiger partial charge in [-0.25, -0.2) is 0 Å². The molecule has 2 fully saturated rings. The highest BCUT2D eigenvalue weighted by atomic mass is 16.2. The zero-order valence-electron chi connectivity index (χ0n) is 34.7. The number of nitrogens with zero attached hydrogens (tertiary/aromatic N) is 2. The Balaban J connectivity index is 0.000000177. The van der Waals surface area contributed by atoms with E-state index in [2.05, 4.69) is 53.8 Å². The van der Waals surface area contributed by atoms with Gasteiger partial charge in [-0.1, -0.05) is 107 Å². The van der Waals surface area contributed by atoms with Crippen LogP contribution in [-0.2, 0) is 22.4 Å². The van der Waals surface area contributed by atoms with Crippen LogP contribution in [-0.4, -0.2) is 49.6 Å². The number of rotatable bonds is 12. The monoisotopic (exact) mass is 779 g/mol. The standard InChI is InChI=1S/C26H31NO2.C25H30N2O2/c1-2-26(29)27-17-16-23-18-22(13-14-24(23)27)20-9-11-21(12-10-20)25(28)15-8-19-6-4-3-5-7-19;1-2-25(29)27-16-13-22-17-21(8-9-23(22)27)19-4-6-20(7-5-19)24(28)10-3-18-11-14-26-15-12-18/h9-14,18-19H,2-8,15-17H2,1H3;4-9,17-18,26H,2-3,10-16H2,1H3. The number of ketones is 2. The Kier molecular flexibility index (Phi) is 14.0. The molecule has 4 aliphatic rings. The maximum Gasteiger partial charge on any atom is 0.226 e. The van der Waals surface area contributed by atoms with Crippen molar-refractivity contribution >= 4 is 34.8 Å². The Hall–Kier alpha value is -4.88. The van der Waals surface area contributed by atoms with Gasteiger partial charge in [0.1, 0.15) is 0 Å². The Morgan fingerprint density at radius 1 is 0.534 bits per heavy atom. The van der Waals surface area contributed by atoms with Crippen molar-refractivity contribution in [3.05, 3.63) is 107 Å². The average molecular weight is 780 g/mol. The van der Waals surface area contributed by atoms with Gasteiger partial charge in [-0.2, -0.15) is 0 Å². The fourth-order valence-electron chi connectivity index (χ4n) is 9.36. The molecule has 4 aromatic rings. The SMILES string of the molecule is CCC(=O)N1CCc2cc(-c3ccc(C(=O)CCC4CCCCC4)cc3)ccc21.CCC(=O)N1CCc2cc(-c3ccc(C(=O)CCC4CCNCC4)cc3)ccc21. The van der Waals surface area contributed by atoms with Crippen molar-refractivity contribution in [2.45, 2.75) is 110 Å². The fourth-order valence-corrected chi connectivity index (χ4v) is 9.36. The van der Waals surface area contributed by atoms with Gasteiger partial charge in [0.15, 0.2) is 11.6 Å². The molecule has 1 aliphatic carbocycles. The molecule has 3 heterocycles. The Morgan fingerprint density at radius 2 is 0.948 bits per heavy atom. The van der Waals surface area contributed by atoms with E-state index in [4.69, 9.17) is 0 Å². The molecule has 0 bridgehead atoms. The summed E-state index contributed by atoms with van der Waals surface area (Å²) in [5, 5.41) is 3.38. The van der Waals surface area contributed by atoms with Crippen LogP contribution in [0.15, 0.2) is 84.9 Å². The number of carbonyl (C=O) groups excluding carboxylic acids is 4. The van der Waals surface area contributed by atoms with Crippen molar-refractivity contribution in [2.24, 2.45) is 11.8 Å². The van der Waals surface area contributed by atoms with Gasteiger partial charge in [-0.3, -0.25) is 19.2 Å². The molecule has 0 radical (unpaired) electrons. The number of hydrogen-bond donors (Lipinski definition) is 1. The molecule has 1 saturated carbocycles. The van der Waals surface area contributed by atoms with Crippen molar-refractivity contribution in [3.8, 4) is 22.3 Å². The van der Waals surface area contributed by atoms with E-state index in [1.165, 1.54) is 56.1 Å². The van der Waals surface area contributed by atoms with Gasteiger partial charge in [0.2, 0.25) is 11.8 Å². The summed E-state index contributed by atoms with van der Waals surface area (Å²) in [5.41, 5.74) is 10.7. The minimum absolute atomic E-state index is 0.184. The van der Waals surface area contributed by atoms with Crippen molar-refractivity contribution in [1.29, 1.82) is 0 Å². The van der Waals surface area contributed by atoms with Crippen molar-refractivity contribution in [2.75, 3.05) is 36.0 Å². The summed E-state index contributed by atoms with van der Waals surface area (Å²) in [4.78, 5) is 53.1. The van der Waals surface area contributed by atoms with Crippen LogP contribution < -0.4 is 15.1 Å². The Labute approximate surface area is 345 Å². The first-order valence-electron chi connectivity index (χ1n) is 22.2. The van der Waals surface area contributed by atoms with Crippen molar-refractivity contribution < 1.29 is 19.2 Å². The van der Waals surface area contributed by atoms with Gasteiger partial charge in [0.25, 0.3) is 0 Å². The van der Waals surface area contributed by atoms with E-state index in [1.54, 1.807) is 0 Å². The van der Waals surface area contributed by atoms with Crippen molar-refractivity contribution in [3.63, 3.8) is 0 Å². The summed E-state index contributed by atoms with van der Waals surface area (Å²) >= 11 is 0. The lowest BCUT2D eigenvalue weighted by Gasteiger charge is -2.22. The van der Waals surface area contributed by atoms with Gasteiger partial charge in [0, 0.05) is 61.3 Å². The van der Waals surface area contributed by atoms with Crippen LogP contribution in [0.1, 0.15) is 129 Å². The minimum atomic E-state index is 0.184. The minimum Gasteiger partial charge on any atom is -0.317 e. The number of benzene rings is 4. The first-order chi connectivity index (χ1) is 28.3. The summed E-state index contributed by atoms with van der Waals surface area (Å²) < 4.78 is 0. The molecule has 0 atom stereocenters. The smallest absolute Gasteiger partial charge is 0.226 e. The lowest BCUT2D eigenvalue weighted by atomic mass is 9.85. The van der Waals surface area contributed by atoms with Crippen molar-refractivity contribution in [1.82, 2.24) is 5.32 Å². The van der Waals surface area contributed by atoms with Crippen LogP contribution in [0.3, 0.4) is 0 Å². The maximum atomic E-state index is 12.6. The summed E-state index contributed by atoms with van der Waals surface area (Å²) in [6, 6.07) is 28.7. The molecule has 0 unspecified atom stereocenters. The molecule has 4 aromatic carbocycles. The van der Waals surface area contributed by atoms with Crippen LogP contribution in [0.2, 0.25) is 0 Å². The lowest BCUT2D eigenvalue weighted by Crippen LogP contribution is -2.27. The highest BCUT2D eigenvalue weighted by Crippen LogP contribution is 2.35. The molecule has 304 valence electrons. The number of nitrogens with one attached hydrogen (secondary N) is 1. The molecule has 1 saturated heterocycles. The van der Waals surface area contributed by atoms with E-state index in [0.717, 1.165) is 103 Å². The molecule has 7 heteroatoms. The largest absolute Gasteiger partial charge is 0.317 e. The average Bonchev–Trinajstić information content (AvgIpc) is 3.92. The highest BCUT2D eigenvalue weighted by molar-refractivity contribution is 5.98. The second kappa shape index (κ2) is 19.7. The summed E-state index contributed by atoms with van der Waals surface area (Å²) in [6.45, 7) is 7.53. The molecular weight excluding hydrogens is 719 g/mol. The predicted octanol–water partition coefficient (Wildman–Crippen LogP) is 10.8. The number of anilines is 2. The molecule has 0 aromatic heterocycles. The van der Waals surface area contributed by atoms with Gasteiger partial charge < -0.3 is 15.1 Å². The van der Waals surface area contributed by atoms with E-state index in [9.17, 15) is 19.2 Å². The lowest BCUT2D eigenvalue weighted by molar-refractivity contribution is -0.119. The van der Waals surface area contributed by atoms with Crippen LogP contribution in [0.5, 0.6) is 0 Å². The van der Waals surface area contributed by atoms with Crippen LogP contribution in [0, 0.1) is 11.8 Å². The summed E-state index contributed by atoms with van der Waals surface area (Å²) in [6.07, 6.45) is 15.2. The third kappa shape index (κ3) is 10.0. The maximum absolute atomic E-state index is 12.6. The quantitative estimate of drug-likeness (QED) is 0.145. The molecule has 1 N–H and O–H groups in total. The second-order valence-corrected chi connectivity index (χ2v) is 16.8. The molecule has 3 aliphatic heterocycles. The van der Waals surface area contributed by atoms with Crippen LogP contribution in [0.4, 0.5) is 11.4 Å². The van der Waals surface area contributed by atoms with E-state index >= 15 is 0 Å². The Bertz CT molecular complexity index is 1910. The zero-order valence-corrected chi connectivity index (χ0v) is 34.7. The van der Waals surface area contributed by atoms with Crippen LogP contribution in [0.25, 0.3) is 22.3 Å². The number of amides is 2. The second-order valence-electron chi connectivity index (χ2n) is 16.8. The molecule has 2 amide bonds. The van der Waals surface area contributed by atoms with Gasteiger partial charge in [0.05, 0.1) is 0 Å². The van der Waals surface area contributed by atoms with E-state index in [1.807, 2.05) is 60.0 Å². The van der Waals surface area contributed by atoms with E-state index in [0.29, 0.717) is 31.6 Å². The topological polar surface area (TPSA) is 86.8 Å². The summed E-state index contributed by atoms with van der Waals surface area (Å²) in [7, 11) is 0. The molecule has 0 spiro atoms. The highest BCUT2D eigenvalue weighted by Gasteiger charge is 2.25. The third-order valence-electron chi connectivity index (χ3n) is 13.0. The number of piperidine rings is 1. The Morgan fingerprint density at radius 3 is 1.38 bits per heavy atom. The normalized spacial score (nSPS) is 16.7. The fraction of sp³-hybridized carbons (Fsp3) is 0.451. The van der Waals surface area contributed by atoms with Gasteiger partial charge in [-0.05, 0) is 121 Å². The molecule has 7 nitrogen and oxygen atoms in total. The third-order valence-corrected chi connectivity index (χ3v) is 13.0. The molecule has 8 rings (SSSR count). The van der Waals surface area contributed by atoms with Gasteiger partial charge in [-0.15, -0.1) is 0 Å². The molecule has 58 heavy (non-hydrogen) atoms. The summed E-state index contributed by atoms with van der Waals surface area (Å²) in [5.74, 6) is 2.32.